The molecular weight excluding hydrogens is 322 g/mol. The molecule has 0 aromatic heterocycles. The maximum atomic E-state index is 12.5. The van der Waals surface area contributed by atoms with Gasteiger partial charge in [-0.2, -0.15) is 0 Å². The summed E-state index contributed by atoms with van der Waals surface area (Å²) in [5, 5.41) is 3.07. The van der Waals surface area contributed by atoms with Crippen molar-refractivity contribution in [3.8, 4) is 0 Å². The summed E-state index contributed by atoms with van der Waals surface area (Å²) in [5.41, 5.74) is 5.80. The van der Waals surface area contributed by atoms with Crippen molar-refractivity contribution in [3.05, 3.63) is 59.2 Å². The number of aryl methyl sites for hydroxylation is 2. The number of benzene rings is 2. The van der Waals surface area contributed by atoms with Crippen molar-refractivity contribution in [2.45, 2.75) is 33.7 Å². The molecule has 1 aliphatic rings. The molecule has 0 radical (unpaired) electrons. The van der Waals surface area contributed by atoms with Crippen molar-refractivity contribution in [1.82, 2.24) is 4.90 Å². The lowest BCUT2D eigenvalue weighted by Gasteiger charge is -2.41. The van der Waals surface area contributed by atoms with Crippen molar-refractivity contribution in [3.63, 3.8) is 0 Å². The van der Waals surface area contributed by atoms with Crippen LogP contribution in [0.4, 0.5) is 11.4 Å². The Hall–Kier alpha value is -2.33. The first-order valence-electron chi connectivity index (χ1n) is 9.36. The molecule has 0 spiro atoms. The summed E-state index contributed by atoms with van der Waals surface area (Å²) in [6.07, 6.45) is 0. The van der Waals surface area contributed by atoms with Crippen LogP contribution in [-0.4, -0.2) is 43.0 Å². The summed E-state index contributed by atoms with van der Waals surface area (Å²) < 4.78 is 0. The van der Waals surface area contributed by atoms with E-state index in [-0.39, 0.29) is 5.91 Å². The van der Waals surface area contributed by atoms with Gasteiger partial charge in [0.1, 0.15) is 0 Å². The molecule has 1 aliphatic heterocycles. The molecule has 1 saturated heterocycles. The molecule has 26 heavy (non-hydrogen) atoms. The number of hydrogen-bond acceptors (Lipinski definition) is 3. The molecular formula is C22H29N3O. The largest absolute Gasteiger partial charge is 0.366 e. The Morgan fingerprint density at radius 2 is 1.81 bits per heavy atom. The van der Waals surface area contributed by atoms with Crippen LogP contribution in [0.3, 0.4) is 0 Å². The van der Waals surface area contributed by atoms with Crippen LogP contribution in [0.2, 0.25) is 0 Å². The van der Waals surface area contributed by atoms with E-state index in [4.69, 9.17) is 0 Å². The van der Waals surface area contributed by atoms with E-state index in [2.05, 4.69) is 66.2 Å². The van der Waals surface area contributed by atoms with Gasteiger partial charge in [0.2, 0.25) is 5.91 Å². The second-order valence-electron chi connectivity index (χ2n) is 7.41. The number of piperazine rings is 1. The average molecular weight is 351 g/mol. The van der Waals surface area contributed by atoms with Gasteiger partial charge in [-0.25, -0.2) is 0 Å². The number of carbonyl (C=O) groups excluding carboxylic acids is 1. The quantitative estimate of drug-likeness (QED) is 0.911. The maximum Gasteiger partial charge on any atom is 0.238 e. The molecule has 1 atom stereocenters. The number of carbonyl (C=O) groups is 1. The Morgan fingerprint density at radius 1 is 1.08 bits per heavy atom. The second kappa shape index (κ2) is 7.92. The molecule has 3 rings (SSSR count). The van der Waals surface area contributed by atoms with Crippen LogP contribution >= 0.6 is 0 Å². The highest BCUT2D eigenvalue weighted by Gasteiger charge is 2.25. The number of amides is 1. The van der Waals surface area contributed by atoms with E-state index in [1.54, 1.807) is 0 Å². The molecule has 0 aliphatic carbocycles. The monoisotopic (exact) mass is 351 g/mol. The van der Waals surface area contributed by atoms with E-state index in [1.807, 2.05) is 19.1 Å². The highest BCUT2D eigenvalue weighted by Crippen LogP contribution is 2.21. The third-order valence-electron chi connectivity index (χ3n) is 5.32. The minimum absolute atomic E-state index is 0.0645. The summed E-state index contributed by atoms with van der Waals surface area (Å²) in [4.78, 5) is 17.1. The average Bonchev–Trinajstić information content (AvgIpc) is 2.60. The highest BCUT2D eigenvalue weighted by molar-refractivity contribution is 5.93. The fraction of sp³-hybridized carbons (Fsp3) is 0.409. The molecule has 4 nitrogen and oxygen atoms in total. The number of nitrogens with one attached hydrogen (secondary N) is 1. The number of rotatable bonds is 4. The van der Waals surface area contributed by atoms with Crippen molar-refractivity contribution in [2.24, 2.45) is 0 Å². The van der Waals surface area contributed by atoms with Crippen molar-refractivity contribution in [1.29, 1.82) is 0 Å². The SMILES string of the molecule is Cc1ccc(N2CCN(CC(=O)Nc3cccc(C)c3C)CC2C)cc1. The van der Waals surface area contributed by atoms with Gasteiger partial charge in [0.25, 0.3) is 0 Å². The number of nitrogens with zero attached hydrogens (tertiary/aromatic N) is 2. The standard InChI is InChI=1S/C22H29N3O/c1-16-8-10-20(11-9-16)25-13-12-24(14-18(25)3)15-22(26)23-21-7-5-6-17(2)19(21)4/h5-11,18H,12-15H2,1-4H3,(H,23,26). The van der Waals surface area contributed by atoms with Crippen molar-refractivity contribution >= 4 is 17.3 Å². The first-order valence-corrected chi connectivity index (χ1v) is 9.36. The predicted octanol–water partition coefficient (Wildman–Crippen LogP) is 3.76. The molecule has 138 valence electrons. The zero-order valence-electron chi connectivity index (χ0n) is 16.2. The Kier molecular flexibility index (Phi) is 5.62. The zero-order valence-corrected chi connectivity index (χ0v) is 16.2. The van der Waals surface area contributed by atoms with Crippen LogP contribution in [0.5, 0.6) is 0 Å². The second-order valence-corrected chi connectivity index (χ2v) is 7.41. The first kappa shape index (κ1) is 18.5. The molecule has 0 saturated carbocycles. The van der Waals surface area contributed by atoms with Gasteiger partial charge < -0.3 is 10.2 Å². The van der Waals surface area contributed by atoms with E-state index < -0.39 is 0 Å². The van der Waals surface area contributed by atoms with E-state index in [0.29, 0.717) is 12.6 Å². The Labute approximate surface area is 156 Å². The fourth-order valence-corrected chi connectivity index (χ4v) is 3.58. The Morgan fingerprint density at radius 3 is 2.50 bits per heavy atom. The van der Waals surface area contributed by atoms with E-state index in [9.17, 15) is 4.79 Å². The van der Waals surface area contributed by atoms with E-state index >= 15 is 0 Å². The first-order chi connectivity index (χ1) is 12.4. The van der Waals surface area contributed by atoms with Gasteiger partial charge in [-0.05, 0) is 57.0 Å². The van der Waals surface area contributed by atoms with Gasteiger partial charge in [-0.15, -0.1) is 0 Å². The molecule has 1 unspecified atom stereocenters. The molecule has 2 aromatic carbocycles. The Balaban J connectivity index is 1.56. The maximum absolute atomic E-state index is 12.5. The summed E-state index contributed by atoms with van der Waals surface area (Å²) in [6, 6.07) is 15.1. The smallest absolute Gasteiger partial charge is 0.238 e. The Bertz CT molecular complexity index is 769. The fourth-order valence-electron chi connectivity index (χ4n) is 3.58. The third kappa shape index (κ3) is 4.25. The van der Waals surface area contributed by atoms with Crippen LogP contribution in [-0.2, 0) is 4.79 Å². The highest BCUT2D eigenvalue weighted by atomic mass is 16.2. The minimum Gasteiger partial charge on any atom is -0.366 e. The van der Waals surface area contributed by atoms with Gasteiger partial charge in [-0.3, -0.25) is 9.69 Å². The normalized spacial score (nSPS) is 18.0. The van der Waals surface area contributed by atoms with Gasteiger partial charge in [0.05, 0.1) is 6.54 Å². The zero-order chi connectivity index (χ0) is 18.7. The topological polar surface area (TPSA) is 35.6 Å². The van der Waals surface area contributed by atoms with Gasteiger partial charge in [0.15, 0.2) is 0 Å². The van der Waals surface area contributed by atoms with Crippen molar-refractivity contribution < 1.29 is 4.79 Å². The molecule has 4 heteroatoms. The van der Waals surface area contributed by atoms with Crippen LogP contribution in [0.25, 0.3) is 0 Å². The molecule has 1 N–H and O–H groups in total. The van der Waals surface area contributed by atoms with Crippen molar-refractivity contribution in [2.75, 3.05) is 36.4 Å². The van der Waals surface area contributed by atoms with Gasteiger partial charge >= 0.3 is 0 Å². The lowest BCUT2D eigenvalue weighted by molar-refractivity contribution is -0.117. The van der Waals surface area contributed by atoms with E-state index in [1.165, 1.54) is 16.8 Å². The lowest BCUT2D eigenvalue weighted by atomic mass is 10.1. The van der Waals surface area contributed by atoms with Crippen LogP contribution in [0.15, 0.2) is 42.5 Å². The number of hydrogen-bond donors (Lipinski definition) is 1. The molecule has 1 heterocycles. The summed E-state index contributed by atoms with van der Waals surface area (Å²) >= 11 is 0. The predicted molar refractivity (Wildman–Crippen MR) is 109 cm³/mol. The van der Waals surface area contributed by atoms with E-state index in [0.717, 1.165) is 30.9 Å². The number of anilines is 2. The summed E-state index contributed by atoms with van der Waals surface area (Å²) in [5.74, 6) is 0.0645. The van der Waals surface area contributed by atoms with Crippen LogP contribution in [0.1, 0.15) is 23.6 Å². The summed E-state index contributed by atoms with van der Waals surface area (Å²) in [6.45, 7) is 11.6. The minimum atomic E-state index is 0.0645. The molecule has 0 bridgehead atoms. The van der Waals surface area contributed by atoms with Gasteiger partial charge in [0, 0.05) is 37.1 Å². The lowest BCUT2D eigenvalue weighted by Crippen LogP contribution is -2.53. The summed E-state index contributed by atoms with van der Waals surface area (Å²) in [7, 11) is 0. The molecule has 1 amide bonds. The van der Waals surface area contributed by atoms with Gasteiger partial charge in [-0.1, -0.05) is 29.8 Å². The molecule has 2 aromatic rings. The third-order valence-corrected chi connectivity index (χ3v) is 5.32. The van der Waals surface area contributed by atoms with Crippen LogP contribution < -0.4 is 10.2 Å². The molecule has 1 fully saturated rings. The van der Waals surface area contributed by atoms with Crippen LogP contribution in [0, 0.1) is 20.8 Å².